The summed E-state index contributed by atoms with van der Waals surface area (Å²) in [5.41, 5.74) is 2.43. The summed E-state index contributed by atoms with van der Waals surface area (Å²) < 4.78 is 6.87. The number of rotatable bonds is 2. The second-order valence-electron chi connectivity index (χ2n) is 6.81. The number of aromatic amines is 1. The van der Waals surface area contributed by atoms with E-state index in [1.54, 1.807) is 0 Å². The van der Waals surface area contributed by atoms with Gasteiger partial charge in [0.05, 0.1) is 6.61 Å². The summed E-state index contributed by atoms with van der Waals surface area (Å²) in [4.78, 5) is 10.5. The highest BCUT2D eigenvalue weighted by atomic mass is 127. The van der Waals surface area contributed by atoms with Crippen LogP contribution in [0.5, 0.6) is 0 Å². The van der Waals surface area contributed by atoms with Crippen molar-refractivity contribution in [1.29, 1.82) is 0 Å². The molecule has 5 heteroatoms. The minimum atomic E-state index is 0.678. The van der Waals surface area contributed by atoms with Crippen LogP contribution in [0.4, 0.5) is 0 Å². The molecule has 0 atom stereocenters. The van der Waals surface area contributed by atoms with Crippen molar-refractivity contribution >= 4 is 33.6 Å². The van der Waals surface area contributed by atoms with E-state index in [-0.39, 0.29) is 0 Å². The molecule has 4 rings (SSSR count). The minimum absolute atomic E-state index is 0.678. The highest BCUT2D eigenvalue weighted by Crippen LogP contribution is 2.36. The molecule has 0 radical (unpaired) electrons. The summed E-state index contributed by atoms with van der Waals surface area (Å²) in [6.07, 6.45) is 10.5. The predicted molar refractivity (Wildman–Crippen MR) is 101 cm³/mol. The van der Waals surface area contributed by atoms with Gasteiger partial charge in [-0.05, 0) is 72.2 Å². The van der Waals surface area contributed by atoms with Gasteiger partial charge in [-0.2, -0.15) is 0 Å². The lowest BCUT2D eigenvalue weighted by Crippen LogP contribution is -2.39. The fourth-order valence-electron chi connectivity index (χ4n) is 4.12. The first kappa shape index (κ1) is 15.8. The van der Waals surface area contributed by atoms with Crippen LogP contribution in [0, 0.1) is 3.57 Å². The molecule has 1 N–H and O–H groups in total. The molecule has 2 aromatic rings. The second-order valence-corrected chi connectivity index (χ2v) is 7.97. The Morgan fingerprint density at radius 3 is 2.91 bits per heavy atom. The van der Waals surface area contributed by atoms with Gasteiger partial charge in [0.1, 0.15) is 5.65 Å². The standard InChI is InChI=1S/C18H24IN3O/c19-17-12-21-18-16(17)10-14(11-20-18)13-2-4-15(5-3-13)22-6-1-8-23-9-7-22/h10-13,15H,1-9H2,(H,20,21)/t13-,15-. The van der Waals surface area contributed by atoms with Crippen molar-refractivity contribution in [2.45, 2.75) is 44.1 Å². The summed E-state index contributed by atoms with van der Waals surface area (Å²) in [7, 11) is 0. The third kappa shape index (κ3) is 3.42. The SMILES string of the molecule is Ic1c[nH]c2ncc([C@H]3CC[C@H](N4CCCOCC4)CC3)cc12. The zero-order valence-electron chi connectivity index (χ0n) is 13.4. The summed E-state index contributed by atoms with van der Waals surface area (Å²) in [6.45, 7) is 4.17. The number of nitrogens with zero attached hydrogens (tertiary/aromatic N) is 2. The van der Waals surface area contributed by atoms with Crippen LogP contribution in [0.25, 0.3) is 11.0 Å². The number of ether oxygens (including phenoxy) is 1. The number of aromatic nitrogens is 2. The third-order valence-corrected chi connectivity index (χ3v) is 6.34. The van der Waals surface area contributed by atoms with E-state index >= 15 is 0 Å². The fraction of sp³-hybridized carbons (Fsp3) is 0.611. The van der Waals surface area contributed by atoms with E-state index in [1.807, 2.05) is 6.20 Å². The number of nitrogens with one attached hydrogen (secondary N) is 1. The van der Waals surface area contributed by atoms with E-state index in [2.05, 4.69) is 49.7 Å². The lowest BCUT2D eigenvalue weighted by atomic mass is 9.81. The van der Waals surface area contributed by atoms with Crippen LogP contribution < -0.4 is 0 Å². The van der Waals surface area contributed by atoms with Gasteiger partial charge < -0.3 is 9.72 Å². The molecule has 0 spiro atoms. The van der Waals surface area contributed by atoms with Gasteiger partial charge >= 0.3 is 0 Å². The normalized spacial score (nSPS) is 27.2. The van der Waals surface area contributed by atoms with Crippen molar-refractivity contribution in [1.82, 2.24) is 14.9 Å². The van der Waals surface area contributed by atoms with E-state index in [4.69, 9.17) is 4.74 Å². The molecular weight excluding hydrogens is 401 g/mol. The maximum absolute atomic E-state index is 5.60. The molecule has 1 aliphatic heterocycles. The Morgan fingerprint density at radius 1 is 1.17 bits per heavy atom. The summed E-state index contributed by atoms with van der Waals surface area (Å²) >= 11 is 2.39. The van der Waals surface area contributed by atoms with Crippen molar-refractivity contribution in [2.24, 2.45) is 0 Å². The molecule has 1 saturated carbocycles. The van der Waals surface area contributed by atoms with E-state index in [1.165, 1.54) is 53.2 Å². The highest BCUT2D eigenvalue weighted by molar-refractivity contribution is 14.1. The number of hydrogen-bond donors (Lipinski definition) is 1. The lowest BCUT2D eigenvalue weighted by molar-refractivity contribution is 0.118. The number of pyridine rings is 1. The zero-order valence-corrected chi connectivity index (χ0v) is 15.6. The van der Waals surface area contributed by atoms with Crippen molar-refractivity contribution < 1.29 is 4.74 Å². The molecule has 0 unspecified atom stereocenters. The molecule has 0 bridgehead atoms. The van der Waals surface area contributed by atoms with Gasteiger partial charge in [-0.1, -0.05) is 0 Å². The van der Waals surface area contributed by atoms with Crippen LogP contribution in [-0.4, -0.2) is 47.2 Å². The van der Waals surface area contributed by atoms with Crippen LogP contribution in [0.1, 0.15) is 43.6 Å². The van der Waals surface area contributed by atoms with Gasteiger partial charge in [-0.3, -0.25) is 4.90 Å². The second kappa shape index (κ2) is 7.07. The van der Waals surface area contributed by atoms with Gasteiger partial charge in [-0.15, -0.1) is 0 Å². The van der Waals surface area contributed by atoms with Gasteiger partial charge in [0, 0.05) is 47.1 Å². The van der Waals surface area contributed by atoms with Crippen LogP contribution in [0.2, 0.25) is 0 Å². The van der Waals surface area contributed by atoms with Gasteiger partial charge in [0.2, 0.25) is 0 Å². The van der Waals surface area contributed by atoms with Crippen LogP contribution >= 0.6 is 22.6 Å². The Bertz CT molecular complexity index is 655. The largest absolute Gasteiger partial charge is 0.380 e. The van der Waals surface area contributed by atoms with Crippen LogP contribution in [0.3, 0.4) is 0 Å². The van der Waals surface area contributed by atoms with E-state index < -0.39 is 0 Å². The molecule has 1 saturated heterocycles. The van der Waals surface area contributed by atoms with Gasteiger partial charge in [-0.25, -0.2) is 4.98 Å². The molecule has 2 aliphatic rings. The Hall–Kier alpha value is -0.660. The summed E-state index contributed by atoms with van der Waals surface area (Å²) in [5.74, 6) is 0.678. The number of halogens is 1. The zero-order chi connectivity index (χ0) is 15.6. The lowest BCUT2D eigenvalue weighted by Gasteiger charge is -2.36. The summed E-state index contributed by atoms with van der Waals surface area (Å²) in [5, 5.41) is 1.27. The molecule has 2 aromatic heterocycles. The molecular formula is C18H24IN3O. The number of H-pyrrole nitrogens is 1. The molecule has 124 valence electrons. The number of fused-ring (bicyclic) bond motifs is 1. The first-order chi connectivity index (χ1) is 11.3. The van der Waals surface area contributed by atoms with Crippen molar-refractivity contribution in [3.8, 4) is 0 Å². The number of hydrogen-bond acceptors (Lipinski definition) is 3. The van der Waals surface area contributed by atoms with Gasteiger partial charge in [0.25, 0.3) is 0 Å². The monoisotopic (exact) mass is 425 g/mol. The minimum Gasteiger partial charge on any atom is -0.380 e. The average Bonchev–Trinajstić information content (AvgIpc) is 2.80. The first-order valence-corrected chi connectivity index (χ1v) is 9.83. The summed E-state index contributed by atoms with van der Waals surface area (Å²) in [6, 6.07) is 3.11. The maximum Gasteiger partial charge on any atom is 0.138 e. The van der Waals surface area contributed by atoms with Crippen LogP contribution in [0.15, 0.2) is 18.5 Å². The van der Waals surface area contributed by atoms with E-state index in [9.17, 15) is 0 Å². The molecule has 2 fully saturated rings. The van der Waals surface area contributed by atoms with Crippen molar-refractivity contribution in [3.05, 3.63) is 27.6 Å². The molecule has 0 amide bonds. The first-order valence-electron chi connectivity index (χ1n) is 8.75. The quantitative estimate of drug-likeness (QED) is 0.742. The Kier molecular flexibility index (Phi) is 4.87. The predicted octanol–water partition coefficient (Wildman–Crippen LogP) is 3.92. The van der Waals surface area contributed by atoms with Crippen molar-refractivity contribution in [3.63, 3.8) is 0 Å². The highest BCUT2D eigenvalue weighted by Gasteiger charge is 2.27. The molecule has 3 heterocycles. The van der Waals surface area contributed by atoms with Crippen molar-refractivity contribution in [2.75, 3.05) is 26.3 Å². The molecule has 0 aromatic carbocycles. The van der Waals surface area contributed by atoms with Gasteiger partial charge in [0.15, 0.2) is 0 Å². The Balaban J connectivity index is 1.42. The molecule has 1 aliphatic carbocycles. The topological polar surface area (TPSA) is 41.2 Å². The van der Waals surface area contributed by atoms with Crippen LogP contribution in [-0.2, 0) is 4.74 Å². The molecule has 23 heavy (non-hydrogen) atoms. The third-order valence-electron chi connectivity index (χ3n) is 5.44. The Morgan fingerprint density at radius 2 is 2.04 bits per heavy atom. The van der Waals surface area contributed by atoms with E-state index in [0.717, 1.165) is 31.4 Å². The Labute approximate surface area is 151 Å². The van der Waals surface area contributed by atoms with E-state index in [0.29, 0.717) is 5.92 Å². The smallest absolute Gasteiger partial charge is 0.138 e. The molecule has 4 nitrogen and oxygen atoms in total. The maximum atomic E-state index is 5.60. The average molecular weight is 425 g/mol. The fourth-order valence-corrected chi connectivity index (χ4v) is 4.68.